The number of carboxylic acids is 1. The Balaban J connectivity index is 2.17. The maximum Gasteiger partial charge on any atom is 0.341 e. The fourth-order valence-corrected chi connectivity index (χ4v) is 1.53. The third-order valence-corrected chi connectivity index (χ3v) is 2.39. The smallest absolute Gasteiger partial charge is 0.341 e. The standard InChI is InChI=1S/C10H10ClN5O2/c1-16-5-6(3-14-16)2-12-8-7(9(17)18)4-13-10(11)15-8/h3-5H,2H2,1H3,(H,17,18)(H,12,13,15). The molecule has 2 rings (SSSR count). The molecule has 8 heteroatoms. The Morgan fingerprint density at radius 3 is 2.94 bits per heavy atom. The normalized spacial score (nSPS) is 10.3. The summed E-state index contributed by atoms with van der Waals surface area (Å²) in [6.45, 7) is 0.404. The van der Waals surface area contributed by atoms with Crippen molar-refractivity contribution < 1.29 is 9.90 Å². The van der Waals surface area contributed by atoms with Crippen LogP contribution >= 0.6 is 11.6 Å². The van der Waals surface area contributed by atoms with Gasteiger partial charge in [0.1, 0.15) is 11.4 Å². The SMILES string of the molecule is Cn1cc(CNc2nc(Cl)ncc2C(=O)O)cn1. The van der Waals surface area contributed by atoms with Crippen molar-refractivity contribution in [1.82, 2.24) is 19.7 Å². The molecular weight excluding hydrogens is 258 g/mol. The molecule has 0 amide bonds. The molecule has 0 aliphatic carbocycles. The van der Waals surface area contributed by atoms with E-state index in [0.29, 0.717) is 6.54 Å². The van der Waals surface area contributed by atoms with Crippen molar-refractivity contribution in [3.63, 3.8) is 0 Å². The third-order valence-electron chi connectivity index (χ3n) is 2.21. The molecule has 2 aromatic heterocycles. The van der Waals surface area contributed by atoms with Crippen LogP contribution in [0.25, 0.3) is 0 Å². The van der Waals surface area contributed by atoms with Crippen LogP contribution in [0.15, 0.2) is 18.6 Å². The number of hydrogen-bond donors (Lipinski definition) is 2. The van der Waals surface area contributed by atoms with Crippen molar-refractivity contribution in [2.24, 2.45) is 7.05 Å². The first-order valence-electron chi connectivity index (χ1n) is 5.03. The number of halogens is 1. The summed E-state index contributed by atoms with van der Waals surface area (Å²) in [6.07, 6.45) is 4.66. The highest BCUT2D eigenvalue weighted by Crippen LogP contribution is 2.15. The van der Waals surface area contributed by atoms with Crippen LogP contribution in [0.2, 0.25) is 5.28 Å². The van der Waals surface area contributed by atoms with Crippen molar-refractivity contribution in [3.8, 4) is 0 Å². The molecule has 0 bridgehead atoms. The van der Waals surface area contributed by atoms with Crippen LogP contribution in [-0.2, 0) is 13.6 Å². The van der Waals surface area contributed by atoms with Crippen molar-refractivity contribution in [3.05, 3.63) is 35.0 Å². The first-order chi connectivity index (χ1) is 8.56. The van der Waals surface area contributed by atoms with E-state index in [4.69, 9.17) is 16.7 Å². The van der Waals surface area contributed by atoms with E-state index in [1.165, 1.54) is 6.20 Å². The number of aromatic carboxylic acids is 1. The van der Waals surface area contributed by atoms with Gasteiger partial charge in [0.25, 0.3) is 0 Å². The summed E-state index contributed by atoms with van der Waals surface area (Å²) in [5, 5.41) is 15.9. The molecule has 2 N–H and O–H groups in total. The molecule has 2 heterocycles. The van der Waals surface area contributed by atoms with Gasteiger partial charge in [-0.25, -0.2) is 9.78 Å². The Morgan fingerprint density at radius 2 is 2.33 bits per heavy atom. The fourth-order valence-electron chi connectivity index (χ4n) is 1.40. The summed E-state index contributed by atoms with van der Waals surface area (Å²) in [4.78, 5) is 18.5. The molecule has 0 aliphatic heterocycles. The summed E-state index contributed by atoms with van der Waals surface area (Å²) in [6, 6.07) is 0. The van der Waals surface area contributed by atoms with Gasteiger partial charge >= 0.3 is 5.97 Å². The average molecular weight is 268 g/mol. The molecule has 0 fully saturated rings. The van der Waals surface area contributed by atoms with Crippen molar-refractivity contribution >= 4 is 23.4 Å². The number of nitrogens with one attached hydrogen (secondary N) is 1. The van der Waals surface area contributed by atoms with Crippen LogP contribution in [0.1, 0.15) is 15.9 Å². The van der Waals surface area contributed by atoms with Gasteiger partial charge in [-0.1, -0.05) is 0 Å². The lowest BCUT2D eigenvalue weighted by atomic mass is 10.3. The van der Waals surface area contributed by atoms with Gasteiger partial charge < -0.3 is 10.4 Å². The lowest BCUT2D eigenvalue weighted by Crippen LogP contribution is -2.09. The predicted octanol–water partition coefficient (Wildman–Crippen LogP) is 1.17. The topological polar surface area (TPSA) is 92.9 Å². The summed E-state index contributed by atoms with van der Waals surface area (Å²) in [7, 11) is 1.80. The highest BCUT2D eigenvalue weighted by atomic mass is 35.5. The molecule has 7 nitrogen and oxygen atoms in total. The van der Waals surface area contributed by atoms with Crippen molar-refractivity contribution in [2.75, 3.05) is 5.32 Å². The zero-order chi connectivity index (χ0) is 13.1. The molecule has 0 saturated carbocycles. The largest absolute Gasteiger partial charge is 0.477 e. The number of carboxylic acid groups (broad SMARTS) is 1. The van der Waals surface area contributed by atoms with Crippen LogP contribution in [0.5, 0.6) is 0 Å². The first kappa shape index (κ1) is 12.3. The maximum absolute atomic E-state index is 11.0. The Morgan fingerprint density at radius 1 is 1.56 bits per heavy atom. The Bertz CT molecular complexity index is 583. The van der Waals surface area contributed by atoms with E-state index in [1.54, 1.807) is 17.9 Å². The van der Waals surface area contributed by atoms with E-state index in [-0.39, 0.29) is 16.7 Å². The van der Waals surface area contributed by atoms with Crippen LogP contribution in [-0.4, -0.2) is 30.8 Å². The number of carbonyl (C=O) groups is 1. The number of hydrogen-bond acceptors (Lipinski definition) is 5. The minimum atomic E-state index is -1.11. The molecule has 18 heavy (non-hydrogen) atoms. The molecule has 0 radical (unpaired) electrons. The zero-order valence-corrected chi connectivity index (χ0v) is 10.2. The highest BCUT2D eigenvalue weighted by molar-refractivity contribution is 6.28. The van der Waals surface area contributed by atoms with Gasteiger partial charge in [0, 0.05) is 31.5 Å². The summed E-state index contributed by atoms with van der Waals surface area (Å²) in [5.74, 6) is -0.924. The summed E-state index contributed by atoms with van der Waals surface area (Å²) in [5.41, 5.74) is 0.881. The quantitative estimate of drug-likeness (QED) is 0.808. The number of nitrogens with zero attached hydrogens (tertiary/aromatic N) is 4. The summed E-state index contributed by atoms with van der Waals surface area (Å²) >= 11 is 5.64. The molecule has 2 aromatic rings. The number of aromatic nitrogens is 4. The molecular formula is C10H10ClN5O2. The molecule has 0 aliphatic rings. The maximum atomic E-state index is 11.0. The molecule has 0 unspecified atom stereocenters. The van der Waals surface area contributed by atoms with E-state index < -0.39 is 5.97 Å². The van der Waals surface area contributed by atoms with Gasteiger partial charge in [0.05, 0.1) is 6.20 Å². The van der Waals surface area contributed by atoms with Crippen LogP contribution in [0.4, 0.5) is 5.82 Å². The van der Waals surface area contributed by atoms with E-state index in [1.807, 2.05) is 6.20 Å². The Kier molecular flexibility index (Phi) is 3.42. The number of aryl methyl sites for hydroxylation is 1. The third kappa shape index (κ3) is 2.75. The second-order valence-corrected chi connectivity index (χ2v) is 3.92. The van der Waals surface area contributed by atoms with Gasteiger partial charge in [-0.05, 0) is 11.6 Å². The second-order valence-electron chi connectivity index (χ2n) is 3.58. The molecule has 0 saturated heterocycles. The van der Waals surface area contributed by atoms with E-state index in [9.17, 15) is 4.79 Å². The minimum absolute atomic E-state index is 0.00585. The van der Waals surface area contributed by atoms with Crippen LogP contribution in [0.3, 0.4) is 0 Å². The average Bonchev–Trinajstić information content (AvgIpc) is 2.72. The van der Waals surface area contributed by atoms with Gasteiger partial charge in [0.15, 0.2) is 0 Å². The van der Waals surface area contributed by atoms with Gasteiger partial charge in [-0.3, -0.25) is 4.68 Å². The number of rotatable bonds is 4. The minimum Gasteiger partial charge on any atom is -0.477 e. The monoisotopic (exact) mass is 267 g/mol. The van der Waals surface area contributed by atoms with Crippen molar-refractivity contribution in [1.29, 1.82) is 0 Å². The van der Waals surface area contributed by atoms with Crippen LogP contribution < -0.4 is 5.32 Å². The molecule has 0 spiro atoms. The second kappa shape index (κ2) is 5.01. The molecule has 0 atom stereocenters. The first-order valence-corrected chi connectivity index (χ1v) is 5.41. The summed E-state index contributed by atoms with van der Waals surface area (Å²) < 4.78 is 1.65. The van der Waals surface area contributed by atoms with Crippen molar-refractivity contribution in [2.45, 2.75) is 6.54 Å². The molecule has 94 valence electrons. The lowest BCUT2D eigenvalue weighted by molar-refractivity contribution is 0.0697. The Hall–Kier alpha value is -2.15. The zero-order valence-electron chi connectivity index (χ0n) is 9.46. The van der Waals surface area contributed by atoms with E-state index in [2.05, 4.69) is 20.4 Å². The lowest BCUT2D eigenvalue weighted by Gasteiger charge is -2.06. The van der Waals surface area contributed by atoms with E-state index in [0.717, 1.165) is 5.56 Å². The van der Waals surface area contributed by atoms with Gasteiger partial charge in [-0.2, -0.15) is 10.1 Å². The number of anilines is 1. The fraction of sp³-hybridized carbons (Fsp3) is 0.200. The van der Waals surface area contributed by atoms with Gasteiger partial charge in [0.2, 0.25) is 5.28 Å². The molecule has 0 aromatic carbocycles. The Labute approximate surface area is 107 Å². The highest BCUT2D eigenvalue weighted by Gasteiger charge is 2.13. The van der Waals surface area contributed by atoms with Gasteiger partial charge in [-0.15, -0.1) is 0 Å². The predicted molar refractivity (Wildman–Crippen MR) is 64.5 cm³/mol. The van der Waals surface area contributed by atoms with Crippen LogP contribution in [0, 0.1) is 0 Å². The van der Waals surface area contributed by atoms with E-state index >= 15 is 0 Å².